The molecule has 3 amide bonds. The number of sulfonamides is 1. The van der Waals surface area contributed by atoms with Gasteiger partial charge in [-0.25, -0.2) is 13.2 Å². The van der Waals surface area contributed by atoms with E-state index < -0.39 is 51.9 Å². The number of rotatable bonds is 8. The van der Waals surface area contributed by atoms with Gasteiger partial charge in [-0.1, -0.05) is 33.8 Å². The van der Waals surface area contributed by atoms with Gasteiger partial charge in [0.2, 0.25) is 10.0 Å². The summed E-state index contributed by atoms with van der Waals surface area (Å²) in [6.45, 7) is 10.2. The van der Waals surface area contributed by atoms with Gasteiger partial charge in [-0.2, -0.15) is 4.72 Å². The summed E-state index contributed by atoms with van der Waals surface area (Å²) in [5.41, 5.74) is 6.66. The lowest BCUT2D eigenvalue weighted by atomic mass is 10.0. The summed E-state index contributed by atoms with van der Waals surface area (Å²) in [6, 6.07) is 2.33. The number of nitrogens with one attached hydrogen (secondary N) is 2. The lowest BCUT2D eigenvalue weighted by Gasteiger charge is -2.25. The lowest BCUT2D eigenvalue weighted by Crippen LogP contribution is -2.50. The lowest BCUT2D eigenvalue weighted by molar-refractivity contribution is -0.160. The Hall–Kier alpha value is -2.46. The first-order valence-corrected chi connectivity index (χ1v) is 10.6. The maximum atomic E-state index is 12.8. The van der Waals surface area contributed by atoms with Crippen molar-refractivity contribution in [2.75, 3.05) is 0 Å². The van der Waals surface area contributed by atoms with Gasteiger partial charge in [0, 0.05) is 0 Å². The van der Waals surface area contributed by atoms with Crippen molar-refractivity contribution in [2.45, 2.75) is 58.6 Å². The Morgan fingerprint density at radius 1 is 1.00 bits per heavy atom. The minimum absolute atomic E-state index is 0.0194. The molecule has 0 aliphatic rings. The van der Waals surface area contributed by atoms with Crippen molar-refractivity contribution in [3.63, 3.8) is 0 Å². The summed E-state index contributed by atoms with van der Waals surface area (Å²) in [6.07, 6.45) is -1.30. The largest absolute Gasteiger partial charge is 0.451 e. The number of hydrogen-bond acceptors (Lipinski definition) is 6. The highest BCUT2D eigenvalue weighted by atomic mass is 32.2. The third-order valence-electron chi connectivity index (χ3n) is 4.34. The van der Waals surface area contributed by atoms with Crippen molar-refractivity contribution in [3.05, 3.63) is 29.3 Å². The van der Waals surface area contributed by atoms with E-state index in [2.05, 4.69) is 4.72 Å². The van der Waals surface area contributed by atoms with E-state index in [-0.39, 0.29) is 4.90 Å². The second kappa shape index (κ2) is 9.84. The maximum Gasteiger partial charge on any atom is 0.325 e. The number of nitrogens with two attached hydrogens (primary N) is 1. The molecule has 1 rings (SSSR count). The summed E-state index contributed by atoms with van der Waals surface area (Å²) in [7, 11) is -4.01. The molecule has 0 bridgehead atoms. The minimum Gasteiger partial charge on any atom is -0.451 e. The molecular formula is C19H29N3O6S. The van der Waals surface area contributed by atoms with Crippen LogP contribution in [0.5, 0.6) is 0 Å². The Kier molecular flexibility index (Phi) is 8.34. The van der Waals surface area contributed by atoms with E-state index in [9.17, 15) is 22.8 Å². The van der Waals surface area contributed by atoms with Gasteiger partial charge in [0.25, 0.3) is 5.91 Å². The van der Waals surface area contributed by atoms with Crippen molar-refractivity contribution < 1.29 is 27.5 Å². The fourth-order valence-electron chi connectivity index (χ4n) is 2.46. The first-order valence-electron chi connectivity index (χ1n) is 9.16. The van der Waals surface area contributed by atoms with Crippen molar-refractivity contribution in [1.82, 2.24) is 10.0 Å². The SMILES string of the molecule is Cc1ccc(S(=O)(=O)N[C@@H](C(=O)O[C@H](C(=O)NC(N)=O)C(C)C)C(C)C)cc1C. The number of ether oxygens (including phenoxy) is 1. The number of benzene rings is 1. The molecule has 0 radical (unpaired) electrons. The second-order valence-corrected chi connectivity index (χ2v) is 9.26. The van der Waals surface area contributed by atoms with E-state index in [1.165, 1.54) is 12.1 Å². The Labute approximate surface area is 171 Å². The molecule has 2 atom stereocenters. The molecule has 0 heterocycles. The van der Waals surface area contributed by atoms with Gasteiger partial charge in [-0.3, -0.25) is 14.9 Å². The van der Waals surface area contributed by atoms with Gasteiger partial charge in [-0.15, -0.1) is 0 Å². The Morgan fingerprint density at radius 2 is 1.59 bits per heavy atom. The fraction of sp³-hybridized carbons (Fsp3) is 0.526. The number of imide groups is 1. The van der Waals surface area contributed by atoms with Crippen LogP contribution in [0.4, 0.5) is 4.79 Å². The first kappa shape index (κ1) is 24.6. The van der Waals surface area contributed by atoms with E-state index in [0.717, 1.165) is 11.1 Å². The molecule has 1 aromatic rings. The molecule has 0 fully saturated rings. The zero-order chi connectivity index (χ0) is 22.5. The average molecular weight is 428 g/mol. The summed E-state index contributed by atoms with van der Waals surface area (Å²) < 4.78 is 33.1. The van der Waals surface area contributed by atoms with Crippen LogP contribution >= 0.6 is 0 Å². The van der Waals surface area contributed by atoms with Crippen molar-refractivity contribution in [1.29, 1.82) is 0 Å². The molecule has 0 aliphatic carbocycles. The van der Waals surface area contributed by atoms with Crippen LogP contribution < -0.4 is 15.8 Å². The topological polar surface area (TPSA) is 145 Å². The van der Waals surface area contributed by atoms with Crippen LogP contribution in [0.1, 0.15) is 38.8 Å². The summed E-state index contributed by atoms with van der Waals surface area (Å²) in [4.78, 5) is 35.7. The molecule has 10 heteroatoms. The number of carbonyl (C=O) groups excluding carboxylic acids is 3. The van der Waals surface area contributed by atoms with Crippen molar-refractivity contribution >= 4 is 27.9 Å². The van der Waals surface area contributed by atoms with Gasteiger partial charge in [0.15, 0.2) is 6.10 Å². The summed E-state index contributed by atoms with van der Waals surface area (Å²) >= 11 is 0. The molecule has 1 aromatic carbocycles. The molecular weight excluding hydrogens is 398 g/mol. The molecule has 29 heavy (non-hydrogen) atoms. The van der Waals surface area contributed by atoms with E-state index >= 15 is 0 Å². The van der Waals surface area contributed by atoms with Crippen molar-refractivity contribution in [3.8, 4) is 0 Å². The van der Waals surface area contributed by atoms with Crippen LogP contribution in [-0.4, -0.2) is 38.5 Å². The van der Waals surface area contributed by atoms with Crippen LogP contribution in [0.25, 0.3) is 0 Å². The summed E-state index contributed by atoms with van der Waals surface area (Å²) in [5.74, 6) is -2.73. The second-order valence-electron chi connectivity index (χ2n) is 7.54. The third-order valence-corrected chi connectivity index (χ3v) is 5.78. The first-order chi connectivity index (χ1) is 13.3. The highest BCUT2D eigenvalue weighted by Crippen LogP contribution is 2.18. The van der Waals surface area contributed by atoms with Gasteiger partial charge >= 0.3 is 12.0 Å². The number of primary amides is 1. The number of amides is 3. The summed E-state index contributed by atoms with van der Waals surface area (Å²) in [5, 5.41) is 1.87. The zero-order valence-electron chi connectivity index (χ0n) is 17.5. The molecule has 4 N–H and O–H groups in total. The van der Waals surface area contributed by atoms with E-state index in [1.54, 1.807) is 40.7 Å². The molecule has 0 aliphatic heterocycles. The van der Waals surface area contributed by atoms with Crippen LogP contribution in [0.2, 0.25) is 0 Å². The van der Waals surface area contributed by atoms with Crippen LogP contribution in [0, 0.1) is 25.7 Å². The molecule has 0 unspecified atom stereocenters. The number of carbonyl (C=O) groups is 3. The minimum atomic E-state index is -4.01. The zero-order valence-corrected chi connectivity index (χ0v) is 18.3. The average Bonchev–Trinajstić information content (AvgIpc) is 2.58. The van der Waals surface area contributed by atoms with Gasteiger partial charge in [-0.05, 0) is 48.9 Å². The van der Waals surface area contributed by atoms with Crippen LogP contribution in [-0.2, 0) is 24.3 Å². The van der Waals surface area contributed by atoms with E-state index in [4.69, 9.17) is 10.5 Å². The molecule has 9 nitrogen and oxygen atoms in total. The Balaban J connectivity index is 3.09. The maximum absolute atomic E-state index is 12.8. The number of urea groups is 1. The predicted octanol–water partition coefficient (Wildman–Crippen LogP) is 1.37. The number of hydrogen-bond donors (Lipinski definition) is 3. The Morgan fingerprint density at radius 3 is 2.03 bits per heavy atom. The van der Waals surface area contributed by atoms with Gasteiger partial charge in [0.05, 0.1) is 4.90 Å². The standard InChI is InChI=1S/C19H29N3O6S/c1-10(2)15(18(24)28-16(11(3)4)17(23)21-19(20)25)22-29(26,27)14-8-7-12(5)13(6)9-14/h7-11,15-16,22H,1-6H3,(H3,20,21,23,25)/t15-,16+/m1/s1. The highest BCUT2D eigenvalue weighted by Gasteiger charge is 2.34. The Bertz CT molecular complexity index is 880. The normalized spacial score (nSPS) is 13.8. The quantitative estimate of drug-likeness (QED) is 0.534. The number of aryl methyl sites for hydroxylation is 2. The van der Waals surface area contributed by atoms with Crippen molar-refractivity contribution in [2.24, 2.45) is 17.6 Å². The van der Waals surface area contributed by atoms with Gasteiger partial charge in [0.1, 0.15) is 6.04 Å². The molecule has 162 valence electrons. The number of esters is 1. The molecule has 0 saturated carbocycles. The predicted molar refractivity (Wildman–Crippen MR) is 107 cm³/mol. The van der Waals surface area contributed by atoms with E-state index in [1.807, 2.05) is 12.2 Å². The monoisotopic (exact) mass is 427 g/mol. The van der Waals surface area contributed by atoms with Crippen LogP contribution in [0.15, 0.2) is 23.1 Å². The smallest absolute Gasteiger partial charge is 0.325 e. The highest BCUT2D eigenvalue weighted by molar-refractivity contribution is 7.89. The molecule has 0 aromatic heterocycles. The molecule has 0 saturated heterocycles. The van der Waals surface area contributed by atoms with Crippen LogP contribution in [0.3, 0.4) is 0 Å². The third kappa shape index (κ3) is 6.82. The van der Waals surface area contributed by atoms with E-state index in [0.29, 0.717) is 0 Å². The molecule has 0 spiro atoms. The van der Waals surface area contributed by atoms with Gasteiger partial charge < -0.3 is 10.5 Å². The fourth-order valence-corrected chi connectivity index (χ4v) is 3.87.